The number of rotatable bonds is 6. The molecular weight excluding hydrogens is 352 g/mol. The lowest BCUT2D eigenvalue weighted by Crippen LogP contribution is -2.50. The molecular formula is C23H30N2O3. The van der Waals surface area contributed by atoms with E-state index in [1.54, 1.807) is 19.0 Å². The van der Waals surface area contributed by atoms with Gasteiger partial charge in [-0.05, 0) is 31.9 Å². The topological polar surface area (TPSA) is 49.9 Å². The van der Waals surface area contributed by atoms with Crippen LogP contribution in [0.4, 0.5) is 4.79 Å². The minimum absolute atomic E-state index is 0.124. The van der Waals surface area contributed by atoms with Gasteiger partial charge in [-0.1, -0.05) is 60.7 Å². The number of amides is 2. The number of hydrogen-bond donors (Lipinski definition) is 0. The highest BCUT2D eigenvalue weighted by Crippen LogP contribution is 2.16. The van der Waals surface area contributed by atoms with Crippen LogP contribution in [0.3, 0.4) is 0 Å². The van der Waals surface area contributed by atoms with Crippen LogP contribution in [-0.2, 0) is 22.5 Å². The number of ether oxygens (including phenoxy) is 1. The van der Waals surface area contributed by atoms with Crippen LogP contribution in [-0.4, -0.2) is 47.5 Å². The third-order valence-electron chi connectivity index (χ3n) is 4.34. The molecule has 5 nitrogen and oxygen atoms in total. The quantitative estimate of drug-likeness (QED) is 0.755. The molecule has 0 saturated carbocycles. The van der Waals surface area contributed by atoms with Gasteiger partial charge in [0.15, 0.2) is 0 Å². The summed E-state index contributed by atoms with van der Waals surface area (Å²) < 4.78 is 5.48. The fraction of sp³-hybridized carbons (Fsp3) is 0.391. The molecule has 2 rings (SSSR count). The van der Waals surface area contributed by atoms with Gasteiger partial charge in [-0.2, -0.15) is 0 Å². The molecule has 0 spiro atoms. The first-order valence-electron chi connectivity index (χ1n) is 9.46. The van der Waals surface area contributed by atoms with Gasteiger partial charge in [-0.3, -0.25) is 9.69 Å². The van der Waals surface area contributed by atoms with Gasteiger partial charge < -0.3 is 9.64 Å². The van der Waals surface area contributed by atoms with E-state index in [-0.39, 0.29) is 5.91 Å². The zero-order chi connectivity index (χ0) is 20.7. The molecule has 5 heteroatoms. The Bertz CT molecular complexity index is 769. The van der Waals surface area contributed by atoms with Gasteiger partial charge in [0.2, 0.25) is 5.91 Å². The van der Waals surface area contributed by atoms with Crippen molar-refractivity contribution < 1.29 is 14.3 Å². The average Bonchev–Trinajstić information content (AvgIpc) is 2.65. The monoisotopic (exact) mass is 382 g/mol. The van der Waals surface area contributed by atoms with Crippen LogP contribution >= 0.6 is 0 Å². The molecule has 0 aliphatic rings. The first-order valence-corrected chi connectivity index (χ1v) is 9.46. The standard InChI is InChI=1S/C23H30N2O3/c1-23(2,3)28-22(27)25(5)20(16-18-12-8-6-9-13-18)21(26)24(4)17-19-14-10-7-11-15-19/h6-15,20H,16-17H2,1-5H3/t20-/m0/s1. The van der Waals surface area contributed by atoms with Gasteiger partial charge in [-0.15, -0.1) is 0 Å². The van der Waals surface area contributed by atoms with E-state index in [1.165, 1.54) is 4.90 Å². The predicted molar refractivity (Wildman–Crippen MR) is 111 cm³/mol. The third-order valence-corrected chi connectivity index (χ3v) is 4.34. The fourth-order valence-corrected chi connectivity index (χ4v) is 2.88. The zero-order valence-electron chi connectivity index (χ0n) is 17.4. The average molecular weight is 383 g/mol. The highest BCUT2D eigenvalue weighted by Gasteiger charge is 2.32. The van der Waals surface area contributed by atoms with Gasteiger partial charge in [0, 0.05) is 27.1 Å². The van der Waals surface area contributed by atoms with Gasteiger partial charge in [0.25, 0.3) is 0 Å². The van der Waals surface area contributed by atoms with E-state index < -0.39 is 17.7 Å². The molecule has 0 aromatic heterocycles. The van der Waals surface area contributed by atoms with Crippen molar-refractivity contribution in [3.05, 3.63) is 71.8 Å². The van der Waals surface area contributed by atoms with Crippen molar-refractivity contribution in [2.75, 3.05) is 14.1 Å². The Morgan fingerprint density at radius 2 is 1.39 bits per heavy atom. The molecule has 150 valence electrons. The predicted octanol–water partition coefficient (Wildman–Crippen LogP) is 4.12. The normalized spacial score (nSPS) is 12.2. The smallest absolute Gasteiger partial charge is 0.410 e. The Kier molecular flexibility index (Phi) is 7.21. The molecule has 0 heterocycles. The van der Waals surface area contributed by atoms with Crippen LogP contribution < -0.4 is 0 Å². The molecule has 2 aromatic carbocycles. The number of carbonyl (C=O) groups excluding carboxylic acids is 2. The summed E-state index contributed by atoms with van der Waals surface area (Å²) in [5.41, 5.74) is 1.41. The summed E-state index contributed by atoms with van der Waals surface area (Å²) >= 11 is 0. The van der Waals surface area contributed by atoms with Gasteiger partial charge in [0.05, 0.1) is 0 Å². The van der Waals surface area contributed by atoms with Crippen molar-refractivity contribution in [2.24, 2.45) is 0 Å². The summed E-state index contributed by atoms with van der Waals surface area (Å²) in [6.07, 6.45) is -0.0796. The van der Waals surface area contributed by atoms with Crippen LogP contribution in [0.5, 0.6) is 0 Å². The van der Waals surface area contributed by atoms with Crippen molar-refractivity contribution in [2.45, 2.75) is 45.4 Å². The van der Waals surface area contributed by atoms with Gasteiger partial charge in [-0.25, -0.2) is 4.79 Å². The van der Waals surface area contributed by atoms with E-state index in [0.717, 1.165) is 11.1 Å². The number of nitrogens with zero attached hydrogens (tertiary/aromatic N) is 2. The highest BCUT2D eigenvalue weighted by molar-refractivity contribution is 5.85. The molecule has 28 heavy (non-hydrogen) atoms. The second kappa shape index (κ2) is 9.40. The summed E-state index contributed by atoms with van der Waals surface area (Å²) in [5, 5.41) is 0. The van der Waals surface area contributed by atoms with Crippen LogP contribution in [0, 0.1) is 0 Å². The molecule has 0 aliphatic heterocycles. The molecule has 2 amide bonds. The molecule has 0 radical (unpaired) electrons. The Labute approximate surface area is 167 Å². The number of carbonyl (C=O) groups is 2. The zero-order valence-corrected chi connectivity index (χ0v) is 17.4. The van der Waals surface area contributed by atoms with E-state index >= 15 is 0 Å². The molecule has 0 saturated heterocycles. The number of likely N-dealkylation sites (N-methyl/N-ethyl adjacent to an activating group) is 2. The molecule has 0 unspecified atom stereocenters. The molecule has 1 atom stereocenters. The SMILES string of the molecule is CN(Cc1ccccc1)C(=O)[C@H](Cc1ccccc1)N(C)C(=O)OC(C)(C)C. The minimum atomic E-state index is -0.647. The van der Waals surface area contributed by atoms with Crippen molar-refractivity contribution in [3.8, 4) is 0 Å². The summed E-state index contributed by atoms with van der Waals surface area (Å²) in [5.74, 6) is -0.124. The van der Waals surface area contributed by atoms with E-state index in [9.17, 15) is 9.59 Å². The highest BCUT2D eigenvalue weighted by atomic mass is 16.6. The van der Waals surface area contributed by atoms with Crippen LogP contribution in [0.2, 0.25) is 0 Å². The fourth-order valence-electron chi connectivity index (χ4n) is 2.88. The summed E-state index contributed by atoms with van der Waals surface area (Å²) in [6.45, 7) is 5.92. The van der Waals surface area contributed by atoms with Crippen molar-refractivity contribution in [1.82, 2.24) is 9.80 Å². The Morgan fingerprint density at radius 1 is 0.893 bits per heavy atom. The second-order valence-electron chi connectivity index (χ2n) is 7.98. The molecule has 2 aromatic rings. The second-order valence-corrected chi connectivity index (χ2v) is 7.98. The molecule has 0 N–H and O–H groups in total. The number of benzene rings is 2. The van der Waals surface area contributed by atoms with E-state index in [4.69, 9.17) is 4.74 Å². The third kappa shape index (κ3) is 6.41. The summed E-state index contributed by atoms with van der Waals surface area (Å²) in [6, 6.07) is 18.9. The van der Waals surface area contributed by atoms with Crippen LogP contribution in [0.1, 0.15) is 31.9 Å². The Morgan fingerprint density at radius 3 is 1.89 bits per heavy atom. The lowest BCUT2D eigenvalue weighted by Gasteiger charge is -2.32. The lowest BCUT2D eigenvalue weighted by molar-refractivity contribution is -0.135. The van der Waals surface area contributed by atoms with Gasteiger partial charge in [0.1, 0.15) is 11.6 Å². The van der Waals surface area contributed by atoms with E-state index in [1.807, 2.05) is 81.4 Å². The molecule has 0 fully saturated rings. The molecule has 0 bridgehead atoms. The Hall–Kier alpha value is -2.82. The van der Waals surface area contributed by atoms with Crippen molar-refractivity contribution >= 4 is 12.0 Å². The number of hydrogen-bond acceptors (Lipinski definition) is 3. The largest absolute Gasteiger partial charge is 0.444 e. The first-order chi connectivity index (χ1) is 13.2. The van der Waals surface area contributed by atoms with Gasteiger partial charge >= 0.3 is 6.09 Å². The summed E-state index contributed by atoms with van der Waals surface area (Å²) in [4.78, 5) is 28.9. The van der Waals surface area contributed by atoms with Crippen LogP contribution in [0.15, 0.2) is 60.7 Å². The first kappa shape index (κ1) is 21.5. The molecule has 0 aliphatic carbocycles. The van der Waals surface area contributed by atoms with Crippen molar-refractivity contribution in [3.63, 3.8) is 0 Å². The maximum absolute atomic E-state index is 13.2. The maximum atomic E-state index is 13.2. The van der Waals surface area contributed by atoms with Crippen molar-refractivity contribution in [1.29, 1.82) is 0 Å². The Balaban J connectivity index is 2.21. The maximum Gasteiger partial charge on any atom is 0.410 e. The summed E-state index contributed by atoms with van der Waals surface area (Å²) in [7, 11) is 3.38. The van der Waals surface area contributed by atoms with Crippen LogP contribution in [0.25, 0.3) is 0 Å². The van der Waals surface area contributed by atoms with E-state index in [2.05, 4.69) is 0 Å². The lowest BCUT2D eigenvalue weighted by atomic mass is 10.0. The minimum Gasteiger partial charge on any atom is -0.444 e. The van der Waals surface area contributed by atoms with E-state index in [0.29, 0.717) is 13.0 Å².